The van der Waals surface area contributed by atoms with Gasteiger partial charge in [0.15, 0.2) is 0 Å². The lowest BCUT2D eigenvalue weighted by Gasteiger charge is -1.94. The molecule has 0 fully saturated rings. The SMILES string of the molecule is [2H]OC(=O)CC(C)O. The Balaban J connectivity index is 3.25. The van der Waals surface area contributed by atoms with Crippen LogP contribution in [-0.2, 0) is 4.79 Å². The fraction of sp³-hybridized carbons (Fsp3) is 0.750. The van der Waals surface area contributed by atoms with Crippen LogP contribution in [0.5, 0.6) is 0 Å². The maximum atomic E-state index is 10.1. The Bertz CT molecular complexity index is 81.4. The van der Waals surface area contributed by atoms with Gasteiger partial charge in [0.05, 0.1) is 12.5 Å². The van der Waals surface area contributed by atoms with E-state index in [2.05, 4.69) is 5.11 Å². The van der Waals surface area contributed by atoms with Crippen LogP contribution < -0.4 is 0 Å². The van der Waals surface area contributed by atoms with E-state index >= 15 is 0 Å². The summed E-state index contributed by atoms with van der Waals surface area (Å²) in [5.74, 6) is -0.708. The molecule has 0 saturated carbocycles. The fourth-order valence-electron chi connectivity index (χ4n) is 0.241. The van der Waals surface area contributed by atoms with E-state index in [1.807, 2.05) is 0 Å². The third-order valence-electron chi connectivity index (χ3n) is 0.462. The van der Waals surface area contributed by atoms with E-state index in [4.69, 9.17) is 6.54 Å². The molecular formula is C4H8O3. The number of rotatable bonds is 2. The smallest absolute Gasteiger partial charge is 0.305 e. The largest absolute Gasteiger partial charge is 0.481 e. The van der Waals surface area contributed by atoms with Crippen LogP contribution in [-0.4, -0.2) is 22.3 Å². The Morgan fingerprint density at radius 3 is 2.86 bits per heavy atom. The van der Waals surface area contributed by atoms with Crippen LogP contribution in [0, 0.1) is 0 Å². The van der Waals surface area contributed by atoms with Crippen molar-refractivity contribution in [1.82, 2.24) is 0 Å². The second-order valence-corrected chi connectivity index (χ2v) is 1.43. The van der Waals surface area contributed by atoms with Crippen LogP contribution in [0.15, 0.2) is 0 Å². The molecule has 0 radical (unpaired) electrons. The highest BCUT2D eigenvalue weighted by molar-refractivity contribution is 5.67. The highest BCUT2D eigenvalue weighted by Crippen LogP contribution is 1.85. The molecule has 0 aromatic carbocycles. The first-order valence-electron chi connectivity index (χ1n) is 2.41. The van der Waals surface area contributed by atoms with Gasteiger partial charge in [-0.15, -0.1) is 0 Å². The summed E-state index contributed by atoms with van der Waals surface area (Å²) in [7, 11) is 0. The van der Waals surface area contributed by atoms with Crippen molar-refractivity contribution < 1.29 is 15.0 Å². The molecule has 7 heavy (non-hydrogen) atoms. The second-order valence-electron chi connectivity index (χ2n) is 1.43. The van der Waals surface area contributed by atoms with Crippen LogP contribution in [0.4, 0.5) is 0 Å². The number of carbonyl (C=O) groups is 1. The zero-order valence-electron chi connectivity index (χ0n) is 5.05. The summed E-state index contributed by atoms with van der Waals surface area (Å²) in [5.41, 5.74) is 0. The van der Waals surface area contributed by atoms with E-state index in [1.165, 1.54) is 6.92 Å². The van der Waals surface area contributed by atoms with Gasteiger partial charge in [-0.05, 0) is 6.92 Å². The molecule has 0 aromatic rings. The van der Waals surface area contributed by atoms with Crippen LogP contribution in [0.2, 0.25) is 0 Å². The predicted molar refractivity (Wildman–Crippen MR) is 23.9 cm³/mol. The Morgan fingerprint density at radius 1 is 2.14 bits per heavy atom. The molecule has 0 heterocycles. The predicted octanol–water partition coefficient (Wildman–Crippen LogP) is -0.158. The monoisotopic (exact) mass is 105 g/mol. The maximum absolute atomic E-state index is 10.1. The minimum absolute atomic E-state index is 0.108. The summed E-state index contributed by atoms with van der Waals surface area (Å²) in [6.07, 6.45) is -0.823. The molecule has 0 saturated heterocycles. The number of carboxylic acids is 1. The molecule has 0 bridgehead atoms. The quantitative estimate of drug-likeness (QED) is 0.513. The summed E-state index contributed by atoms with van der Waals surface area (Å²) >= 11 is 0. The van der Waals surface area contributed by atoms with Gasteiger partial charge in [-0.2, -0.15) is 0 Å². The average molecular weight is 105 g/mol. The lowest BCUT2D eigenvalue weighted by molar-refractivity contribution is -0.138. The van der Waals surface area contributed by atoms with Crippen molar-refractivity contribution in [2.75, 3.05) is 0 Å². The highest BCUT2D eigenvalue weighted by Gasteiger charge is 2.00. The first-order chi connectivity index (χ1) is 3.66. The van der Waals surface area contributed by atoms with Gasteiger partial charge in [-0.1, -0.05) is 0 Å². The van der Waals surface area contributed by atoms with Crippen LogP contribution in [0.3, 0.4) is 0 Å². The van der Waals surface area contributed by atoms with E-state index < -0.39 is 12.1 Å². The van der Waals surface area contributed by atoms with E-state index in [9.17, 15) is 4.79 Å². The maximum Gasteiger partial charge on any atom is 0.305 e. The zero-order chi connectivity index (χ0) is 6.57. The van der Waals surface area contributed by atoms with E-state index in [1.54, 1.807) is 0 Å². The van der Waals surface area contributed by atoms with Crippen LogP contribution in [0.1, 0.15) is 13.3 Å². The molecule has 1 unspecified atom stereocenters. The average Bonchev–Trinajstić information content (AvgIpc) is 1.65. The number of carboxylic acid groups (broad SMARTS) is 1. The van der Waals surface area contributed by atoms with Crippen molar-refractivity contribution in [2.45, 2.75) is 19.4 Å². The van der Waals surface area contributed by atoms with Gasteiger partial charge < -0.3 is 10.2 Å². The molecule has 0 aliphatic heterocycles. The third-order valence-corrected chi connectivity index (χ3v) is 0.462. The molecule has 0 aliphatic carbocycles. The Morgan fingerprint density at radius 2 is 2.71 bits per heavy atom. The lowest BCUT2D eigenvalue weighted by Crippen LogP contribution is -2.07. The van der Waals surface area contributed by atoms with Crippen molar-refractivity contribution in [3.05, 3.63) is 0 Å². The van der Waals surface area contributed by atoms with Gasteiger partial charge in [0, 0.05) is 0 Å². The highest BCUT2D eigenvalue weighted by atomic mass is 16.4. The lowest BCUT2D eigenvalue weighted by atomic mass is 10.3. The van der Waals surface area contributed by atoms with Gasteiger partial charge in [-0.3, -0.25) is 4.79 Å². The molecule has 3 heteroatoms. The van der Waals surface area contributed by atoms with Crippen molar-refractivity contribution >= 4 is 5.97 Å². The normalized spacial score (nSPS) is 14.9. The summed E-state index contributed by atoms with van der Waals surface area (Å²) < 4.78 is 6.04. The second kappa shape index (κ2) is 2.58. The topological polar surface area (TPSA) is 57.5 Å². The minimum atomic E-state index is -0.715. The summed E-state index contributed by atoms with van der Waals surface area (Å²) in [6, 6.07) is 0. The van der Waals surface area contributed by atoms with Gasteiger partial charge in [0.25, 0.3) is 1.43 Å². The van der Waals surface area contributed by atoms with E-state index in [0.717, 1.165) is 0 Å². The molecule has 0 spiro atoms. The standard InChI is InChI=1S/C4H8O3/c1-3(5)2-4(6)7/h3,5H,2H2,1H3,(H,6,7)/i/hD. The third kappa shape index (κ3) is 5.43. The molecule has 3 nitrogen and oxygen atoms in total. The molecule has 0 amide bonds. The van der Waals surface area contributed by atoms with Gasteiger partial charge in [0.2, 0.25) is 0 Å². The van der Waals surface area contributed by atoms with Gasteiger partial charge in [0.1, 0.15) is 0 Å². The summed E-state index contributed by atoms with van der Waals surface area (Å²) in [6.45, 7) is 1.46. The van der Waals surface area contributed by atoms with E-state index in [-0.39, 0.29) is 6.42 Å². The first kappa shape index (κ1) is 4.59. The summed E-state index contributed by atoms with van der Waals surface area (Å²) in [5, 5.41) is 12.0. The molecule has 42 valence electrons. The molecule has 0 aliphatic rings. The number of hydrogen-bond donors (Lipinski definition) is 2. The van der Waals surface area contributed by atoms with Crippen LogP contribution >= 0.6 is 0 Å². The molecule has 2 N–H and O–H groups in total. The molecule has 1 atom stereocenters. The van der Waals surface area contributed by atoms with Gasteiger partial charge in [-0.25, -0.2) is 0 Å². The van der Waals surface area contributed by atoms with Crippen molar-refractivity contribution in [1.29, 1.82) is 1.43 Å². The summed E-state index contributed by atoms with van der Waals surface area (Å²) in [4.78, 5) is 10.1. The van der Waals surface area contributed by atoms with Crippen molar-refractivity contribution in [3.8, 4) is 0 Å². The molecule has 0 rings (SSSR count). The zero-order valence-corrected chi connectivity index (χ0v) is 4.05. The Labute approximate surface area is 43.1 Å². The molecular weight excluding hydrogens is 96.0 g/mol. The van der Waals surface area contributed by atoms with E-state index in [0.29, 0.717) is 0 Å². The fourth-order valence-corrected chi connectivity index (χ4v) is 0.241. The van der Waals surface area contributed by atoms with Crippen LogP contribution in [0.25, 0.3) is 1.43 Å². The van der Waals surface area contributed by atoms with Gasteiger partial charge >= 0.3 is 5.97 Å². The number of aliphatic hydroxyl groups is 1. The van der Waals surface area contributed by atoms with Crippen molar-refractivity contribution in [2.24, 2.45) is 0 Å². The number of hydrogen-bond acceptors (Lipinski definition) is 3. The minimum Gasteiger partial charge on any atom is -0.481 e. The first-order valence-corrected chi connectivity index (χ1v) is 2.01. The van der Waals surface area contributed by atoms with Crippen molar-refractivity contribution in [3.63, 3.8) is 0 Å². The molecule has 0 aromatic heterocycles. The number of aliphatic carboxylic acids is 1. The Hall–Kier alpha value is -0.570. The Kier molecular flexibility index (Phi) is 1.69. The number of aliphatic hydroxyl groups excluding tert-OH is 1.